The van der Waals surface area contributed by atoms with E-state index in [0.717, 1.165) is 32.5 Å². The minimum atomic E-state index is -0.508. The highest BCUT2D eigenvalue weighted by Gasteiger charge is 2.36. The molecule has 1 atom stereocenters. The predicted octanol–water partition coefficient (Wildman–Crippen LogP) is 1.68. The molecule has 0 aliphatic carbocycles. The van der Waals surface area contributed by atoms with Crippen LogP contribution in [0.15, 0.2) is 0 Å². The summed E-state index contributed by atoms with van der Waals surface area (Å²) in [4.78, 5) is 13.5. The van der Waals surface area contributed by atoms with Crippen LogP contribution >= 0.6 is 12.4 Å². The average Bonchev–Trinajstić information content (AvgIpc) is 2.19. The molecule has 5 heteroatoms. The van der Waals surface area contributed by atoms with Crippen LogP contribution in [0.1, 0.15) is 19.8 Å². The first-order chi connectivity index (χ1) is 6.79. The van der Waals surface area contributed by atoms with Crippen molar-refractivity contribution in [2.45, 2.75) is 25.9 Å². The molecular weight excluding hydrogens is 218 g/mol. The van der Waals surface area contributed by atoms with Gasteiger partial charge in [-0.25, -0.2) is 4.79 Å². The van der Waals surface area contributed by atoms with Crippen molar-refractivity contribution in [3.8, 4) is 0 Å². The number of hydrogen-bond acceptors (Lipinski definition) is 4. The van der Waals surface area contributed by atoms with Crippen LogP contribution in [0.4, 0.5) is 4.79 Å². The van der Waals surface area contributed by atoms with Crippen LogP contribution in [0.5, 0.6) is 0 Å². The summed E-state index contributed by atoms with van der Waals surface area (Å²) in [6, 6.07) is 0. The van der Waals surface area contributed by atoms with Gasteiger partial charge in [0, 0.05) is 6.54 Å². The number of piperidine rings is 3. The SMILES string of the molecule is CCOC(=O)OC1CN2CCC1CC2.Cl. The summed E-state index contributed by atoms with van der Waals surface area (Å²) in [6.45, 7) is 5.39. The van der Waals surface area contributed by atoms with Gasteiger partial charge < -0.3 is 9.47 Å². The summed E-state index contributed by atoms with van der Waals surface area (Å²) in [5.74, 6) is 0.560. The zero-order chi connectivity index (χ0) is 9.97. The van der Waals surface area contributed by atoms with E-state index in [1.54, 1.807) is 6.92 Å². The maximum Gasteiger partial charge on any atom is 0.508 e. The van der Waals surface area contributed by atoms with Crippen molar-refractivity contribution in [2.75, 3.05) is 26.2 Å². The molecule has 4 nitrogen and oxygen atoms in total. The van der Waals surface area contributed by atoms with Gasteiger partial charge in [0.1, 0.15) is 6.10 Å². The van der Waals surface area contributed by atoms with Crippen LogP contribution in [0.3, 0.4) is 0 Å². The van der Waals surface area contributed by atoms with Gasteiger partial charge in [-0.1, -0.05) is 0 Å². The maximum atomic E-state index is 11.1. The van der Waals surface area contributed by atoms with E-state index >= 15 is 0 Å². The van der Waals surface area contributed by atoms with Crippen molar-refractivity contribution in [1.29, 1.82) is 0 Å². The number of hydrogen-bond donors (Lipinski definition) is 0. The van der Waals surface area contributed by atoms with Gasteiger partial charge in [0.25, 0.3) is 0 Å². The Labute approximate surface area is 96.3 Å². The Morgan fingerprint density at radius 1 is 1.40 bits per heavy atom. The van der Waals surface area contributed by atoms with E-state index in [9.17, 15) is 4.79 Å². The number of fused-ring (bicyclic) bond motifs is 3. The van der Waals surface area contributed by atoms with E-state index in [0.29, 0.717) is 12.5 Å². The van der Waals surface area contributed by atoms with Gasteiger partial charge >= 0.3 is 6.16 Å². The Morgan fingerprint density at radius 2 is 2.07 bits per heavy atom. The highest BCUT2D eigenvalue weighted by atomic mass is 35.5. The molecule has 2 bridgehead atoms. The molecule has 3 fully saturated rings. The molecule has 1 unspecified atom stereocenters. The van der Waals surface area contributed by atoms with Gasteiger partial charge in [-0.05, 0) is 38.8 Å². The van der Waals surface area contributed by atoms with Gasteiger partial charge in [0.05, 0.1) is 6.61 Å². The smallest absolute Gasteiger partial charge is 0.435 e. The Hall–Kier alpha value is -0.480. The van der Waals surface area contributed by atoms with Crippen LogP contribution in [-0.4, -0.2) is 43.4 Å². The molecule has 0 N–H and O–H groups in total. The van der Waals surface area contributed by atoms with Crippen LogP contribution < -0.4 is 0 Å². The molecule has 0 aromatic heterocycles. The largest absolute Gasteiger partial charge is 0.508 e. The van der Waals surface area contributed by atoms with E-state index in [2.05, 4.69) is 4.90 Å². The summed E-state index contributed by atoms with van der Waals surface area (Å²) < 4.78 is 10.0. The minimum absolute atomic E-state index is 0. The summed E-state index contributed by atoms with van der Waals surface area (Å²) in [7, 11) is 0. The fraction of sp³-hybridized carbons (Fsp3) is 0.900. The number of carbonyl (C=O) groups is 1. The molecule has 0 radical (unpaired) electrons. The molecule has 3 aliphatic rings. The molecule has 0 aromatic rings. The molecule has 3 saturated heterocycles. The van der Waals surface area contributed by atoms with Gasteiger partial charge in [-0.15, -0.1) is 12.4 Å². The van der Waals surface area contributed by atoms with Crippen LogP contribution in [0.2, 0.25) is 0 Å². The molecule has 15 heavy (non-hydrogen) atoms. The number of nitrogens with zero attached hydrogens (tertiary/aromatic N) is 1. The normalized spacial score (nSPS) is 33.0. The zero-order valence-electron chi connectivity index (χ0n) is 8.98. The van der Waals surface area contributed by atoms with E-state index in [4.69, 9.17) is 9.47 Å². The average molecular weight is 236 g/mol. The van der Waals surface area contributed by atoms with Crippen molar-refractivity contribution < 1.29 is 14.3 Å². The second-order valence-corrected chi connectivity index (χ2v) is 3.98. The fourth-order valence-corrected chi connectivity index (χ4v) is 2.32. The number of halogens is 1. The molecule has 88 valence electrons. The Balaban J connectivity index is 0.00000112. The Morgan fingerprint density at radius 3 is 2.53 bits per heavy atom. The molecule has 3 rings (SSSR count). The standard InChI is InChI=1S/C10H17NO3.ClH/c1-2-13-10(12)14-9-7-11-5-3-8(9)4-6-11;/h8-9H,2-7H2,1H3;1H. The van der Waals surface area contributed by atoms with Crippen LogP contribution in [0.25, 0.3) is 0 Å². The number of ether oxygens (including phenoxy) is 2. The minimum Gasteiger partial charge on any atom is -0.435 e. The fourth-order valence-electron chi connectivity index (χ4n) is 2.32. The van der Waals surface area contributed by atoms with Gasteiger partial charge in [0.15, 0.2) is 0 Å². The molecule has 0 saturated carbocycles. The second kappa shape index (κ2) is 5.56. The molecule has 3 heterocycles. The monoisotopic (exact) mass is 235 g/mol. The van der Waals surface area contributed by atoms with Crippen LogP contribution in [0, 0.1) is 5.92 Å². The number of rotatable bonds is 2. The molecular formula is C10H18ClNO3. The van der Waals surface area contributed by atoms with Gasteiger partial charge in [0.2, 0.25) is 0 Å². The Bertz CT molecular complexity index is 217. The lowest BCUT2D eigenvalue weighted by molar-refractivity contribution is -0.0572. The van der Waals surface area contributed by atoms with E-state index in [1.807, 2.05) is 0 Å². The summed E-state index contributed by atoms with van der Waals surface area (Å²) in [6.07, 6.45) is 1.87. The topological polar surface area (TPSA) is 38.8 Å². The van der Waals surface area contributed by atoms with Crippen molar-refractivity contribution in [3.63, 3.8) is 0 Å². The van der Waals surface area contributed by atoms with E-state index in [1.165, 1.54) is 0 Å². The first-order valence-corrected chi connectivity index (χ1v) is 5.35. The lowest BCUT2D eigenvalue weighted by Crippen LogP contribution is -2.51. The zero-order valence-corrected chi connectivity index (χ0v) is 9.79. The van der Waals surface area contributed by atoms with Gasteiger partial charge in [-0.2, -0.15) is 0 Å². The second-order valence-electron chi connectivity index (χ2n) is 3.98. The maximum absolute atomic E-state index is 11.1. The molecule has 0 aromatic carbocycles. The first kappa shape index (κ1) is 12.6. The summed E-state index contributed by atoms with van der Waals surface area (Å²) in [5.41, 5.74) is 0. The van der Waals surface area contributed by atoms with E-state index < -0.39 is 6.16 Å². The first-order valence-electron chi connectivity index (χ1n) is 5.35. The van der Waals surface area contributed by atoms with Crippen molar-refractivity contribution >= 4 is 18.6 Å². The van der Waals surface area contributed by atoms with Crippen molar-refractivity contribution in [1.82, 2.24) is 4.90 Å². The third-order valence-corrected chi connectivity index (χ3v) is 3.11. The lowest BCUT2D eigenvalue weighted by Gasteiger charge is -2.43. The third-order valence-electron chi connectivity index (χ3n) is 3.11. The van der Waals surface area contributed by atoms with Crippen LogP contribution in [-0.2, 0) is 9.47 Å². The lowest BCUT2D eigenvalue weighted by atomic mass is 9.86. The predicted molar refractivity (Wildman–Crippen MR) is 58.3 cm³/mol. The summed E-state index contributed by atoms with van der Waals surface area (Å²) >= 11 is 0. The van der Waals surface area contributed by atoms with Crippen molar-refractivity contribution in [2.24, 2.45) is 5.92 Å². The molecule has 0 amide bonds. The van der Waals surface area contributed by atoms with Crippen molar-refractivity contribution in [3.05, 3.63) is 0 Å². The number of carbonyl (C=O) groups excluding carboxylic acids is 1. The third kappa shape index (κ3) is 2.98. The van der Waals surface area contributed by atoms with E-state index in [-0.39, 0.29) is 18.5 Å². The highest BCUT2D eigenvalue weighted by molar-refractivity contribution is 5.85. The summed E-state index contributed by atoms with van der Waals surface area (Å²) in [5, 5.41) is 0. The molecule has 3 aliphatic heterocycles. The Kier molecular flexibility index (Phi) is 4.67. The van der Waals surface area contributed by atoms with Gasteiger partial charge in [-0.3, -0.25) is 4.90 Å². The molecule has 0 spiro atoms. The highest BCUT2D eigenvalue weighted by Crippen LogP contribution is 2.29. The quantitative estimate of drug-likeness (QED) is 0.683.